The first-order valence-electron chi connectivity index (χ1n) is 16.9. The number of fused-ring (bicyclic) bond motifs is 6. The first-order valence-corrected chi connectivity index (χ1v) is 16.9. The molecule has 2 aliphatic rings. The van der Waals surface area contributed by atoms with Gasteiger partial charge in [0.15, 0.2) is 0 Å². The van der Waals surface area contributed by atoms with Crippen LogP contribution in [-0.4, -0.2) is 9.13 Å². The number of nitrogens with zero attached hydrogens (tertiary/aromatic N) is 4. The van der Waals surface area contributed by atoms with E-state index in [1.807, 2.05) is 24.3 Å². The molecule has 4 heteroatoms. The average Bonchev–Trinajstić information content (AvgIpc) is 3.67. The maximum absolute atomic E-state index is 10.5. The fourth-order valence-electron chi connectivity index (χ4n) is 8.03. The van der Waals surface area contributed by atoms with Crippen molar-refractivity contribution < 1.29 is 0 Å². The summed E-state index contributed by atoms with van der Waals surface area (Å²) in [5.41, 5.74) is 12.6. The van der Waals surface area contributed by atoms with Gasteiger partial charge in [0.25, 0.3) is 0 Å². The number of benzene rings is 5. The number of nitriles is 2. The van der Waals surface area contributed by atoms with Gasteiger partial charge >= 0.3 is 0 Å². The second-order valence-corrected chi connectivity index (χ2v) is 13.1. The Kier molecular flexibility index (Phi) is 6.71. The van der Waals surface area contributed by atoms with Gasteiger partial charge in [-0.15, -0.1) is 0 Å². The Hall–Kier alpha value is -6.36. The summed E-state index contributed by atoms with van der Waals surface area (Å²) in [4.78, 5) is 0. The van der Waals surface area contributed by atoms with Crippen LogP contribution in [0, 0.1) is 34.5 Å². The molecule has 2 aromatic heterocycles. The summed E-state index contributed by atoms with van der Waals surface area (Å²) in [5.74, 6) is -0.257. The lowest BCUT2D eigenvalue weighted by Crippen LogP contribution is -2.13. The zero-order valence-corrected chi connectivity index (χ0v) is 27.1. The van der Waals surface area contributed by atoms with Gasteiger partial charge < -0.3 is 9.13 Å². The van der Waals surface area contributed by atoms with E-state index in [0.29, 0.717) is 5.56 Å². The van der Waals surface area contributed by atoms with Crippen LogP contribution in [0.2, 0.25) is 0 Å². The lowest BCUT2D eigenvalue weighted by molar-refractivity contribution is 0.621. The van der Waals surface area contributed by atoms with Crippen molar-refractivity contribution in [1.29, 1.82) is 10.5 Å². The second-order valence-electron chi connectivity index (χ2n) is 13.1. The van der Waals surface area contributed by atoms with E-state index in [1.165, 1.54) is 22.2 Å². The molecule has 0 amide bonds. The van der Waals surface area contributed by atoms with Crippen LogP contribution in [0.1, 0.15) is 41.3 Å². The van der Waals surface area contributed by atoms with Crippen molar-refractivity contribution >= 4 is 49.9 Å². The van der Waals surface area contributed by atoms with E-state index < -0.39 is 0 Å². The molecule has 0 spiro atoms. The Balaban J connectivity index is 1.23. The maximum Gasteiger partial charge on any atom is 0.101 e. The van der Waals surface area contributed by atoms with Crippen LogP contribution in [-0.2, 0) is 6.42 Å². The van der Waals surface area contributed by atoms with Crippen LogP contribution in [0.3, 0.4) is 0 Å². The van der Waals surface area contributed by atoms with Crippen LogP contribution >= 0.6 is 0 Å². The third-order valence-corrected chi connectivity index (χ3v) is 10.3. The molecule has 232 valence electrons. The lowest BCUT2D eigenvalue weighted by atomic mass is 9.78. The molecule has 0 bridgehead atoms. The minimum Gasteiger partial charge on any atom is -0.313 e. The maximum atomic E-state index is 10.5. The molecule has 0 saturated heterocycles. The zero-order chi connectivity index (χ0) is 33.1. The molecule has 2 aliphatic carbocycles. The molecular weight excluding hydrogens is 597 g/mol. The van der Waals surface area contributed by atoms with Gasteiger partial charge in [0.05, 0.1) is 39.8 Å². The van der Waals surface area contributed by atoms with Crippen molar-refractivity contribution in [2.24, 2.45) is 11.8 Å². The molecule has 0 radical (unpaired) electrons. The summed E-state index contributed by atoms with van der Waals surface area (Å²) in [5, 5.41) is 24.3. The highest BCUT2D eigenvalue weighted by molar-refractivity contribution is 6.12. The normalized spacial score (nSPS) is 17.0. The van der Waals surface area contributed by atoms with Gasteiger partial charge in [-0.05, 0) is 71.9 Å². The molecular formula is C45H32N4. The topological polar surface area (TPSA) is 57.4 Å². The van der Waals surface area contributed by atoms with Gasteiger partial charge in [0.1, 0.15) is 6.07 Å². The van der Waals surface area contributed by atoms with E-state index in [-0.39, 0.29) is 11.8 Å². The van der Waals surface area contributed by atoms with Crippen molar-refractivity contribution in [3.63, 3.8) is 0 Å². The Bertz CT molecular complexity index is 2590. The Morgan fingerprint density at radius 2 is 1.31 bits per heavy atom. The first-order chi connectivity index (χ1) is 24.2. The number of aromatic nitrogens is 2. The monoisotopic (exact) mass is 628 g/mol. The number of rotatable bonds is 4. The third-order valence-electron chi connectivity index (χ3n) is 10.3. The summed E-state index contributed by atoms with van der Waals surface area (Å²) >= 11 is 0. The highest BCUT2D eigenvalue weighted by Gasteiger charge is 2.28. The van der Waals surface area contributed by atoms with Crippen LogP contribution < -0.4 is 0 Å². The van der Waals surface area contributed by atoms with E-state index in [4.69, 9.17) is 0 Å². The van der Waals surface area contributed by atoms with Crippen molar-refractivity contribution in [2.45, 2.75) is 19.8 Å². The zero-order valence-electron chi connectivity index (χ0n) is 27.1. The van der Waals surface area contributed by atoms with Crippen LogP contribution in [0.25, 0.3) is 61.3 Å². The second kappa shape index (κ2) is 11.4. The Labute approximate surface area is 285 Å². The fraction of sp³-hybridized carbons (Fsp3) is 0.111. The molecule has 7 aromatic rings. The standard InChI is InChI=1S/C45H32N4/c1-29-25-39(30-21-23-33(24-22-30)48-41-17-6-2-12-34(41)35-13-3-7-18-42(35)48)40(26-32(29)28-47)38-16-10-11-31(27-46)45(38)49-43-19-8-4-14-36(43)37-15-5-9-20-44(37)49/h2-6,8-17,19-26,29,32H,7,18H2,1H3. The number of hydrogen-bond acceptors (Lipinski definition) is 2. The number of hydrogen-bond donors (Lipinski definition) is 0. The van der Waals surface area contributed by atoms with Crippen LogP contribution in [0.15, 0.2) is 133 Å². The lowest BCUT2D eigenvalue weighted by Gasteiger charge is -2.26. The molecule has 0 fully saturated rings. The van der Waals surface area contributed by atoms with E-state index >= 15 is 0 Å². The molecule has 49 heavy (non-hydrogen) atoms. The fourth-order valence-corrected chi connectivity index (χ4v) is 8.03. The summed E-state index contributed by atoms with van der Waals surface area (Å²) in [6, 6.07) is 45.3. The molecule has 2 atom stereocenters. The molecule has 0 aliphatic heterocycles. The molecule has 0 saturated carbocycles. The largest absolute Gasteiger partial charge is 0.313 e. The minimum absolute atomic E-state index is 0.0338. The highest BCUT2D eigenvalue weighted by atomic mass is 15.0. The number of para-hydroxylation sites is 4. The minimum atomic E-state index is -0.291. The summed E-state index contributed by atoms with van der Waals surface area (Å²) in [7, 11) is 0. The smallest absolute Gasteiger partial charge is 0.101 e. The van der Waals surface area contributed by atoms with E-state index in [1.54, 1.807) is 0 Å². The van der Waals surface area contributed by atoms with Gasteiger partial charge in [-0.1, -0.05) is 110 Å². The third kappa shape index (κ3) is 4.42. The summed E-state index contributed by atoms with van der Waals surface area (Å²) in [6.07, 6.45) is 10.9. The molecule has 9 rings (SSSR count). The molecule has 5 aromatic carbocycles. The molecule has 2 heterocycles. The molecule has 4 nitrogen and oxygen atoms in total. The van der Waals surface area contributed by atoms with Gasteiger partial charge in [0.2, 0.25) is 0 Å². The average molecular weight is 629 g/mol. The van der Waals surface area contributed by atoms with Crippen molar-refractivity contribution in [3.8, 4) is 23.5 Å². The van der Waals surface area contributed by atoms with Crippen molar-refractivity contribution in [1.82, 2.24) is 9.13 Å². The Morgan fingerprint density at radius 3 is 1.98 bits per heavy atom. The van der Waals surface area contributed by atoms with Crippen molar-refractivity contribution in [2.75, 3.05) is 0 Å². The molecule has 2 unspecified atom stereocenters. The summed E-state index contributed by atoms with van der Waals surface area (Å²) < 4.78 is 4.64. The Morgan fingerprint density at radius 1 is 0.653 bits per heavy atom. The predicted molar refractivity (Wildman–Crippen MR) is 200 cm³/mol. The predicted octanol–water partition coefficient (Wildman–Crippen LogP) is 10.8. The van der Waals surface area contributed by atoms with E-state index in [2.05, 4.69) is 143 Å². The van der Waals surface area contributed by atoms with Crippen LogP contribution in [0.5, 0.6) is 0 Å². The molecule has 0 N–H and O–H groups in total. The van der Waals surface area contributed by atoms with Gasteiger partial charge in [-0.2, -0.15) is 10.5 Å². The van der Waals surface area contributed by atoms with Crippen LogP contribution in [0.4, 0.5) is 0 Å². The SMILES string of the molecule is CC1C=C(c2ccc(-n3c4c(c5ccccc53)C=CCC4)cc2)C(c2cccc(C#N)c2-n2c3ccccc3c3ccccc32)=CC1C#N. The van der Waals surface area contributed by atoms with Gasteiger partial charge in [-0.25, -0.2) is 0 Å². The van der Waals surface area contributed by atoms with Crippen molar-refractivity contribution in [3.05, 3.63) is 161 Å². The quantitative estimate of drug-likeness (QED) is 0.195. The van der Waals surface area contributed by atoms with E-state index in [0.717, 1.165) is 68.3 Å². The van der Waals surface area contributed by atoms with E-state index in [9.17, 15) is 10.5 Å². The first kappa shape index (κ1) is 28.8. The summed E-state index contributed by atoms with van der Waals surface area (Å²) in [6.45, 7) is 2.11. The van der Waals surface area contributed by atoms with Gasteiger partial charge in [0, 0.05) is 38.7 Å². The van der Waals surface area contributed by atoms with Gasteiger partial charge in [-0.3, -0.25) is 0 Å². The highest BCUT2D eigenvalue weighted by Crippen LogP contribution is 2.44. The number of allylic oxidation sites excluding steroid dienone is 5.